The number of hydrogen-bond acceptors (Lipinski definition) is 2. The van der Waals surface area contributed by atoms with Crippen LogP contribution in [-0.2, 0) is 4.79 Å². The lowest BCUT2D eigenvalue weighted by atomic mass is 10.0. The molecule has 0 amide bonds. The summed E-state index contributed by atoms with van der Waals surface area (Å²) in [6.07, 6.45) is 21.8. The second kappa shape index (κ2) is 18.5. The fourth-order valence-corrected chi connectivity index (χ4v) is 2.91. The van der Waals surface area contributed by atoms with Crippen molar-refractivity contribution in [3.8, 4) is 0 Å². The smallest absolute Gasteiger partial charge is 0.303 e. The van der Waals surface area contributed by atoms with Gasteiger partial charge in [0, 0.05) is 6.42 Å². The molecule has 0 unspecified atom stereocenters. The van der Waals surface area contributed by atoms with Gasteiger partial charge in [0.15, 0.2) is 0 Å². The molecule has 0 aliphatic rings. The zero-order valence-electron chi connectivity index (χ0n) is 15.8. The minimum Gasteiger partial charge on any atom is -0.481 e. The van der Waals surface area contributed by atoms with Crippen LogP contribution in [0.4, 0.5) is 0 Å². The molecule has 1 atom stereocenters. The summed E-state index contributed by atoms with van der Waals surface area (Å²) in [5.74, 6) is -0.671. The molecule has 0 rings (SSSR count). The monoisotopic (exact) mass is 340 g/mol. The number of unbranched alkanes of at least 4 members (excludes halogenated alkanes) is 12. The van der Waals surface area contributed by atoms with Crippen molar-refractivity contribution in [2.75, 3.05) is 0 Å². The number of rotatable bonds is 18. The molecule has 0 fully saturated rings. The molecule has 3 nitrogen and oxygen atoms in total. The second-order valence-corrected chi connectivity index (χ2v) is 6.96. The van der Waals surface area contributed by atoms with E-state index in [-0.39, 0.29) is 6.10 Å². The first kappa shape index (κ1) is 23.2. The molecule has 0 spiro atoms. The van der Waals surface area contributed by atoms with Crippen molar-refractivity contribution in [3.63, 3.8) is 0 Å². The number of allylic oxidation sites excluding steroid dienone is 1. The second-order valence-electron chi connectivity index (χ2n) is 6.96. The van der Waals surface area contributed by atoms with Gasteiger partial charge < -0.3 is 10.2 Å². The van der Waals surface area contributed by atoms with Crippen molar-refractivity contribution in [2.45, 2.75) is 116 Å². The van der Waals surface area contributed by atoms with Crippen LogP contribution < -0.4 is 0 Å². The van der Waals surface area contributed by atoms with Crippen LogP contribution in [0.1, 0.15) is 110 Å². The van der Waals surface area contributed by atoms with Crippen molar-refractivity contribution >= 4 is 5.97 Å². The van der Waals surface area contributed by atoms with E-state index in [1.165, 1.54) is 64.2 Å². The maximum absolute atomic E-state index is 10.4. The molecular formula is C21H40O3. The highest BCUT2D eigenvalue weighted by molar-refractivity contribution is 5.66. The number of carboxylic acid groups (broad SMARTS) is 1. The first-order valence-corrected chi connectivity index (χ1v) is 10.2. The van der Waals surface area contributed by atoms with Crippen molar-refractivity contribution in [1.29, 1.82) is 0 Å². The SMILES string of the molecule is CCCCC[C@@H](O)/C=C\CCCCCCCCCCCCC(=O)O. The van der Waals surface area contributed by atoms with Gasteiger partial charge in [-0.15, -0.1) is 0 Å². The molecular weight excluding hydrogens is 300 g/mol. The van der Waals surface area contributed by atoms with Crippen molar-refractivity contribution in [2.24, 2.45) is 0 Å². The predicted molar refractivity (Wildman–Crippen MR) is 102 cm³/mol. The molecule has 0 bridgehead atoms. The van der Waals surface area contributed by atoms with Crippen molar-refractivity contribution in [1.82, 2.24) is 0 Å². The van der Waals surface area contributed by atoms with Crippen molar-refractivity contribution in [3.05, 3.63) is 12.2 Å². The molecule has 0 radical (unpaired) electrons. The van der Waals surface area contributed by atoms with E-state index in [9.17, 15) is 9.90 Å². The summed E-state index contributed by atoms with van der Waals surface area (Å²) in [4.78, 5) is 10.4. The van der Waals surface area contributed by atoms with E-state index in [1.54, 1.807) is 0 Å². The summed E-state index contributed by atoms with van der Waals surface area (Å²) >= 11 is 0. The number of aliphatic hydroxyl groups is 1. The maximum atomic E-state index is 10.4. The third-order valence-electron chi connectivity index (χ3n) is 4.47. The highest BCUT2D eigenvalue weighted by Gasteiger charge is 1.98. The van der Waals surface area contributed by atoms with Crippen LogP contribution in [0.3, 0.4) is 0 Å². The molecule has 0 heterocycles. The molecule has 0 aliphatic carbocycles. The number of carbonyl (C=O) groups is 1. The van der Waals surface area contributed by atoms with Crippen LogP contribution in [0.25, 0.3) is 0 Å². The van der Waals surface area contributed by atoms with E-state index in [1.807, 2.05) is 6.08 Å². The first-order chi connectivity index (χ1) is 11.7. The van der Waals surface area contributed by atoms with Gasteiger partial charge >= 0.3 is 5.97 Å². The Morgan fingerprint density at radius 2 is 1.38 bits per heavy atom. The molecule has 142 valence electrons. The third-order valence-corrected chi connectivity index (χ3v) is 4.47. The summed E-state index contributed by atoms with van der Waals surface area (Å²) in [6, 6.07) is 0. The zero-order chi connectivity index (χ0) is 17.9. The summed E-state index contributed by atoms with van der Waals surface area (Å²) in [7, 11) is 0. The van der Waals surface area contributed by atoms with Crippen LogP contribution >= 0.6 is 0 Å². The Bertz CT molecular complexity index is 299. The van der Waals surface area contributed by atoms with Crippen molar-refractivity contribution < 1.29 is 15.0 Å². The Balaban J connectivity index is 3.18. The Kier molecular flexibility index (Phi) is 17.9. The summed E-state index contributed by atoms with van der Waals surface area (Å²) in [6.45, 7) is 2.19. The lowest BCUT2D eigenvalue weighted by Gasteiger charge is -2.04. The number of hydrogen-bond donors (Lipinski definition) is 2. The molecule has 0 aromatic rings. The van der Waals surface area contributed by atoms with E-state index in [0.717, 1.165) is 32.1 Å². The standard InChI is InChI=1S/C21H40O3/c1-2-3-14-17-20(22)18-15-12-10-8-6-4-5-7-9-11-13-16-19-21(23)24/h15,18,20,22H,2-14,16-17,19H2,1H3,(H,23,24)/b18-15-/t20-/m1/s1. The van der Waals surface area contributed by atoms with E-state index >= 15 is 0 Å². The van der Waals surface area contributed by atoms with Gasteiger partial charge in [-0.05, 0) is 25.7 Å². The average molecular weight is 341 g/mol. The zero-order valence-corrected chi connectivity index (χ0v) is 15.8. The average Bonchev–Trinajstić information content (AvgIpc) is 2.55. The minimum atomic E-state index is -0.671. The third kappa shape index (κ3) is 19.2. The van der Waals surface area contributed by atoms with E-state index in [0.29, 0.717) is 6.42 Å². The van der Waals surface area contributed by atoms with E-state index < -0.39 is 5.97 Å². The maximum Gasteiger partial charge on any atom is 0.303 e. The van der Waals surface area contributed by atoms with Crippen LogP contribution in [0.5, 0.6) is 0 Å². The molecule has 2 N–H and O–H groups in total. The highest BCUT2D eigenvalue weighted by Crippen LogP contribution is 2.12. The van der Waals surface area contributed by atoms with Gasteiger partial charge in [-0.2, -0.15) is 0 Å². The molecule has 0 saturated heterocycles. The Morgan fingerprint density at radius 3 is 1.92 bits per heavy atom. The molecule has 0 saturated carbocycles. The lowest BCUT2D eigenvalue weighted by Crippen LogP contribution is -2.01. The van der Waals surface area contributed by atoms with Gasteiger partial charge in [0.1, 0.15) is 0 Å². The lowest BCUT2D eigenvalue weighted by molar-refractivity contribution is -0.137. The highest BCUT2D eigenvalue weighted by atomic mass is 16.4. The van der Waals surface area contributed by atoms with E-state index in [2.05, 4.69) is 13.0 Å². The molecule has 24 heavy (non-hydrogen) atoms. The summed E-state index contributed by atoms with van der Waals surface area (Å²) in [5.41, 5.74) is 0. The minimum absolute atomic E-state index is 0.243. The quantitative estimate of drug-likeness (QED) is 0.229. The van der Waals surface area contributed by atoms with Gasteiger partial charge in [0.2, 0.25) is 0 Å². The summed E-state index contributed by atoms with van der Waals surface area (Å²) in [5, 5.41) is 18.3. The summed E-state index contributed by atoms with van der Waals surface area (Å²) < 4.78 is 0. The Hall–Kier alpha value is -0.830. The fraction of sp³-hybridized carbons (Fsp3) is 0.857. The van der Waals surface area contributed by atoms with Gasteiger partial charge in [0.05, 0.1) is 6.10 Å². The van der Waals surface area contributed by atoms with Gasteiger partial charge in [-0.1, -0.05) is 89.7 Å². The number of aliphatic hydroxyl groups excluding tert-OH is 1. The van der Waals surface area contributed by atoms with Crippen LogP contribution in [0, 0.1) is 0 Å². The largest absolute Gasteiger partial charge is 0.481 e. The molecule has 0 aromatic carbocycles. The number of aliphatic carboxylic acids is 1. The van der Waals surface area contributed by atoms with Crippen LogP contribution in [0.15, 0.2) is 12.2 Å². The topological polar surface area (TPSA) is 57.5 Å². The molecule has 0 aromatic heterocycles. The van der Waals surface area contributed by atoms with Crippen LogP contribution in [-0.4, -0.2) is 22.3 Å². The fourth-order valence-electron chi connectivity index (χ4n) is 2.91. The molecule has 0 aliphatic heterocycles. The normalized spacial score (nSPS) is 12.8. The van der Waals surface area contributed by atoms with E-state index in [4.69, 9.17) is 5.11 Å². The van der Waals surface area contributed by atoms with Gasteiger partial charge in [-0.25, -0.2) is 0 Å². The van der Waals surface area contributed by atoms with Crippen LogP contribution in [0.2, 0.25) is 0 Å². The Morgan fingerprint density at radius 1 is 0.833 bits per heavy atom. The molecule has 3 heteroatoms. The first-order valence-electron chi connectivity index (χ1n) is 10.2. The van der Waals surface area contributed by atoms with Gasteiger partial charge in [0.25, 0.3) is 0 Å². The number of carboxylic acids is 1. The predicted octanol–water partition coefficient (Wildman–Crippen LogP) is 6.25. The Labute approximate surface area is 149 Å². The van der Waals surface area contributed by atoms with Gasteiger partial charge in [-0.3, -0.25) is 4.79 Å².